The second kappa shape index (κ2) is 4.94. The number of nitrogens with one attached hydrogen (secondary N) is 1. The van der Waals surface area contributed by atoms with E-state index >= 15 is 0 Å². The second-order valence-corrected chi connectivity index (χ2v) is 6.02. The number of benzene rings is 2. The zero-order valence-corrected chi connectivity index (χ0v) is 13.3. The number of aromatic amines is 1. The molecule has 3 nitrogen and oxygen atoms in total. The van der Waals surface area contributed by atoms with E-state index in [1.54, 1.807) is 0 Å². The normalized spacial score (nSPS) is 11.0. The van der Waals surface area contributed by atoms with Crippen molar-refractivity contribution in [3.8, 4) is 11.4 Å². The molecule has 3 rings (SSSR count). The predicted octanol–water partition coefficient (Wildman–Crippen LogP) is 4.37. The standard InChI is InChI=1S/C16H16BrN3/c1-10-4-6-13-14(8-10)19-16(18-13)11-5-7-15(20(2)3)12(17)9-11/h4-9H,1-3H3,(H,18,19). The zero-order valence-electron chi connectivity index (χ0n) is 11.7. The quantitative estimate of drug-likeness (QED) is 0.757. The average Bonchev–Trinajstić information content (AvgIpc) is 2.81. The zero-order chi connectivity index (χ0) is 14.3. The first-order valence-electron chi connectivity index (χ1n) is 6.48. The summed E-state index contributed by atoms with van der Waals surface area (Å²) in [6, 6.07) is 12.5. The highest BCUT2D eigenvalue weighted by molar-refractivity contribution is 9.10. The first-order chi connectivity index (χ1) is 9.54. The van der Waals surface area contributed by atoms with Crippen molar-refractivity contribution in [1.29, 1.82) is 0 Å². The number of anilines is 1. The average molecular weight is 330 g/mol. The minimum absolute atomic E-state index is 0.900. The Morgan fingerprint density at radius 3 is 2.60 bits per heavy atom. The summed E-state index contributed by atoms with van der Waals surface area (Å²) in [4.78, 5) is 10.1. The molecule has 1 N–H and O–H groups in total. The number of rotatable bonds is 2. The van der Waals surface area contributed by atoms with Crippen molar-refractivity contribution in [2.24, 2.45) is 0 Å². The summed E-state index contributed by atoms with van der Waals surface area (Å²) in [6.45, 7) is 2.09. The Kier molecular flexibility index (Phi) is 3.26. The number of hydrogen-bond acceptors (Lipinski definition) is 2. The van der Waals surface area contributed by atoms with Crippen LogP contribution in [-0.4, -0.2) is 24.1 Å². The van der Waals surface area contributed by atoms with Crippen LogP contribution in [0.25, 0.3) is 22.4 Å². The highest BCUT2D eigenvalue weighted by Crippen LogP contribution is 2.30. The molecular formula is C16H16BrN3. The van der Waals surface area contributed by atoms with Crippen LogP contribution in [0.2, 0.25) is 0 Å². The van der Waals surface area contributed by atoms with Gasteiger partial charge in [0.25, 0.3) is 0 Å². The van der Waals surface area contributed by atoms with Crippen LogP contribution in [0, 0.1) is 6.92 Å². The van der Waals surface area contributed by atoms with E-state index in [9.17, 15) is 0 Å². The molecule has 102 valence electrons. The lowest BCUT2D eigenvalue weighted by Gasteiger charge is -2.14. The Hall–Kier alpha value is -1.81. The van der Waals surface area contributed by atoms with Crippen molar-refractivity contribution in [3.63, 3.8) is 0 Å². The second-order valence-electron chi connectivity index (χ2n) is 5.17. The van der Waals surface area contributed by atoms with Gasteiger partial charge in [0, 0.05) is 24.1 Å². The van der Waals surface area contributed by atoms with Crippen molar-refractivity contribution in [2.45, 2.75) is 6.92 Å². The molecule has 0 aliphatic rings. The SMILES string of the molecule is Cc1ccc2nc(-c3ccc(N(C)C)c(Br)c3)[nH]c2c1. The summed E-state index contributed by atoms with van der Waals surface area (Å²) >= 11 is 3.62. The van der Waals surface area contributed by atoms with Crippen molar-refractivity contribution in [2.75, 3.05) is 19.0 Å². The lowest BCUT2D eigenvalue weighted by Crippen LogP contribution is -2.09. The number of halogens is 1. The summed E-state index contributed by atoms with van der Waals surface area (Å²) in [5.74, 6) is 0.900. The van der Waals surface area contributed by atoms with Crippen molar-refractivity contribution >= 4 is 32.7 Å². The molecule has 0 saturated carbocycles. The van der Waals surface area contributed by atoms with E-state index in [-0.39, 0.29) is 0 Å². The fraction of sp³-hybridized carbons (Fsp3) is 0.188. The Bertz CT molecular complexity index is 774. The number of hydrogen-bond donors (Lipinski definition) is 1. The number of fused-ring (bicyclic) bond motifs is 1. The van der Waals surface area contributed by atoms with Gasteiger partial charge in [0.05, 0.1) is 16.7 Å². The molecule has 0 bridgehead atoms. The summed E-state index contributed by atoms with van der Waals surface area (Å²) in [5.41, 5.74) is 5.54. The van der Waals surface area contributed by atoms with Crippen molar-refractivity contribution in [3.05, 3.63) is 46.4 Å². The van der Waals surface area contributed by atoms with Gasteiger partial charge in [0.2, 0.25) is 0 Å². The van der Waals surface area contributed by atoms with Crippen LogP contribution >= 0.6 is 15.9 Å². The van der Waals surface area contributed by atoms with E-state index in [2.05, 4.69) is 68.1 Å². The third-order valence-corrected chi connectivity index (χ3v) is 3.98. The lowest BCUT2D eigenvalue weighted by atomic mass is 10.2. The molecule has 3 aromatic rings. The number of aromatic nitrogens is 2. The number of H-pyrrole nitrogens is 1. The fourth-order valence-electron chi connectivity index (χ4n) is 2.28. The van der Waals surface area contributed by atoms with E-state index in [1.807, 2.05) is 20.2 Å². The van der Waals surface area contributed by atoms with Crippen molar-refractivity contribution < 1.29 is 0 Å². The number of aryl methyl sites for hydroxylation is 1. The lowest BCUT2D eigenvalue weighted by molar-refractivity contribution is 1.12. The summed E-state index contributed by atoms with van der Waals surface area (Å²) in [5, 5.41) is 0. The Morgan fingerprint density at radius 1 is 1.10 bits per heavy atom. The monoisotopic (exact) mass is 329 g/mol. The molecule has 0 unspecified atom stereocenters. The highest BCUT2D eigenvalue weighted by Gasteiger charge is 2.08. The third-order valence-electron chi connectivity index (χ3n) is 3.34. The number of nitrogens with zero attached hydrogens (tertiary/aromatic N) is 2. The van der Waals surface area contributed by atoms with Gasteiger partial charge in [-0.1, -0.05) is 6.07 Å². The fourth-order valence-corrected chi connectivity index (χ4v) is 3.01. The maximum absolute atomic E-state index is 4.65. The van der Waals surface area contributed by atoms with Crippen molar-refractivity contribution in [1.82, 2.24) is 9.97 Å². The molecule has 2 aromatic carbocycles. The van der Waals surface area contributed by atoms with Crippen LogP contribution in [0.4, 0.5) is 5.69 Å². The van der Waals surface area contributed by atoms with E-state index in [1.165, 1.54) is 5.56 Å². The van der Waals surface area contributed by atoms with Gasteiger partial charge < -0.3 is 9.88 Å². The van der Waals surface area contributed by atoms with Gasteiger partial charge in [-0.3, -0.25) is 0 Å². The Morgan fingerprint density at radius 2 is 1.90 bits per heavy atom. The summed E-state index contributed by atoms with van der Waals surface area (Å²) < 4.78 is 1.07. The topological polar surface area (TPSA) is 31.9 Å². The molecule has 1 heterocycles. The first-order valence-corrected chi connectivity index (χ1v) is 7.27. The van der Waals surface area contributed by atoms with Crippen LogP contribution in [-0.2, 0) is 0 Å². The predicted molar refractivity (Wildman–Crippen MR) is 88.3 cm³/mol. The summed E-state index contributed by atoms with van der Waals surface area (Å²) in [7, 11) is 4.06. The minimum Gasteiger partial charge on any atom is -0.377 e. The van der Waals surface area contributed by atoms with Gasteiger partial charge in [-0.05, 0) is 58.7 Å². The largest absolute Gasteiger partial charge is 0.377 e. The molecule has 0 aliphatic heterocycles. The first kappa shape index (κ1) is 13.2. The van der Waals surface area contributed by atoms with Gasteiger partial charge >= 0.3 is 0 Å². The molecule has 0 radical (unpaired) electrons. The van der Waals surface area contributed by atoms with E-state index < -0.39 is 0 Å². The highest BCUT2D eigenvalue weighted by atomic mass is 79.9. The van der Waals surface area contributed by atoms with E-state index in [0.717, 1.165) is 32.6 Å². The maximum atomic E-state index is 4.65. The molecule has 20 heavy (non-hydrogen) atoms. The Balaban J connectivity index is 2.08. The van der Waals surface area contributed by atoms with Gasteiger partial charge in [-0.15, -0.1) is 0 Å². The van der Waals surface area contributed by atoms with Crippen LogP contribution in [0.15, 0.2) is 40.9 Å². The Labute approximate surface area is 126 Å². The van der Waals surface area contributed by atoms with Crippen LogP contribution < -0.4 is 4.90 Å². The van der Waals surface area contributed by atoms with E-state index in [4.69, 9.17) is 0 Å². The van der Waals surface area contributed by atoms with Gasteiger partial charge in [-0.25, -0.2) is 4.98 Å². The molecule has 1 aromatic heterocycles. The van der Waals surface area contributed by atoms with Crippen LogP contribution in [0.5, 0.6) is 0 Å². The third kappa shape index (κ3) is 2.31. The molecule has 0 spiro atoms. The van der Waals surface area contributed by atoms with Gasteiger partial charge in [-0.2, -0.15) is 0 Å². The number of imidazole rings is 1. The van der Waals surface area contributed by atoms with Gasteiger partial charge in [0.1, 0.15) is 5.82 Å². The molecule has 0 atom stereocenters. The smallest absolute Gasteiger partial charge is 0.138 e. The molecule has 0 aliphatic carbocycles. The molecular weight excluding hydrogens is 314 g/mol. The molecule has 0 amide bonds. The van der Waals surface area contributed by atoms with Gasteiger partial charge in [0.15, 0.2) is 0 Å². The maximum Gasteiger partial charge on any atom is 0.138 e. The molecule has 0 saturated heterocycles. The molecule has 4 heteroatoms. The molecule has 0 fully saturated rings. The van der Waals surface area contributed by atoms with Crippen LogP contribution in [0.3, 0.4) is 0 Å². The van der Waals surface area contributed by atoms with Crippen LogP contribution in [0.1, 0.15) is 5.56 Å². The minimum atomic E-state index is 0.900. The van der Waals surface area contributed by atoms with E-state index in [0.29, 0.717) is 0 Å². The summed E-state index contributed by atoms with van der Waals surface area (Å²) in [6.07, 6.45) is 0.